The number of hydrogen-bond donors (Lipinski definition) is 2. The maximum absolute atomic E-state index is 9.59. The molecule has 0 saturated carbocycles. The van der Waals surface area contributed by atoms with Crippen molar-refractivity contribution in [3.8, 4) is 0 Å². The molecule has 4 heteroatoms. The molecule has 0 amide bonds. The van der Waals surface area contributed by atoms with Gasteiger partial charge in [0, 0.05) is 0 Å². The van der Waals surface area contributed by atoms with E-state index in [4.69, 9.17) is 9.47 Å². The monoisotopic (exact) mass is 176 g/mol. The maximum atomic E-state index is 9.59. The summed E-state index contributed by atoms with van der Waals surface area (Å²) in [5.41, 5.74) is 0. The molecule has 0 aliphatic carbocycles. The Morgan fingerprint density at radius 2 is 1.17 bits per heavy atom. The topological polar surface area (TPSA) is 58.9 Å². The van der Waals surface area contributed by atoms with E-state index in [9.17, 15) is 10.2 Å². The van der Waals surface area contributed by atoms with Gasteiger partial charge < -0.3 is 19.7 Å². The lowest BCUT2D eigenvalue weighted by molar-refractivity contribution is -0.406. The summed E-state index contributed by atoms with van der Waals surface area (Å²) in [6, 6.07) is 0. The molecule has 0 aromatic rings. The molecule has 4 nitrogen and oxygen atoms in total. The third-order valence-electron chi connectivity index (χ3n) is 2.34. The van der Waals surface area contributed by atoms with Gasteiger partial charge in [-0.1, -0.05) is 0 Å². The molecular formula is C8H16O4. The van der Waals surface area contributed by atoms with Crippen LogP contribution in [-0.2, 0) is 9.47 Å². The van der Waals surface area contributed by atoms with Crippen molar-refractivity contribution in [2.24, 2.45) is 0 Å². The van der Waals surface area contributed by atoms with Crippen LogP contribution >= 0.6 is 0 Å². The van der Waals surface area contributed by atoms with Gasteiger partial charge in [0.1, 0.15) is 12.2 Å². The molecule has 1 heterocycles. The maximum Gasteiger partial charge on any atom is 0.189 e. The fourth-order valence-corrected chi connectivity index (χ4v) is 1.13. The first-order valence-corrected chi connectivity index (χ1v) is 4.06. The average molecular weight is 176 g/mol. The smallest absolute Gasteiger partial charge is 0.189 e. The second-order valence-electron chi connectivity index (χ2n) is 3.63. The molecule has 0 unspecified atom stereocenters. The van der Waals surface area contributed by atoms with Crippen molar-refractivity contribution in [1.29, 1.82) is 0 Å². The molecule has 1 aliphatic rings. The summed E-state index contributed by atoms with van der Waals surface area (Å²) in [4.78, 5) is 0. The van der Waals surface area contributed by atoms with E-state index in [1.807, 2.05) is 0 Å². The van der Waals surface area contributed by atoms with Crippen LogP contribution in [0.15, 0.2) is 0 Å². The number of hydrogen-bond acceptors (Lipinski definition) is 4. The van der Waals surface area contributed by atoms with Crippen LogP contribution in [0.25, 0.3) is 0 Å². The van der Waals surface area contributed by atoms with Gasteiger partial charge in [-0.2, -0.15) is 0 Å². The molecule has 1 saturated heterocycles. The molecule has 0 spiro atoms. The normalized spacial score (nSPS) is 55.5. The lowest BCUT2D eigenvalue weighted by atomic mass is 10.1. The Balaban J connectivity index is 2.76. The summed E-state index contributed by atoms with van der Waals surface area (Å²) in [6.45, 7) is 6.34. The van der Waals surface area contributed by atoms with Crippen LogP contribution in [-0.4, -0.2) is 34.0 Å². The molecule has 2 N–H and O–H groups in total. The molecule has 0 radical (unpaired) electrons. The van der Waals surface area contributed by atoms with Crippen LogP contribution < -0.4 is 0 Å². The van der Waals surface area contributed by atoms with Crippen LogP contribution in [0, 0.1) is 0 Å². The summed E-state index contributed by atoms with van der Waals surface area (Å²) in [5, 5.41) is 19.2. The first kappa shape index (κ1) is 9.92. The van der Waals surface area contributed by atoms with Crippen LogP contribution in [0.2, 0.25) is 0 Å². The van der Waals surface area contributed by atoms with E-state index in [2.05, 4.69) is 0 Å². The molecule has 4 atom stereocenters. The molecule has 12 heavy (non-hydrogen) atoms. The number of ether oxygens (including phenoxy) is 2. The SMILES string of the molecule is C[C@H]1O[C@@](C)(O)[C@@H](C)O[C@]1(C)O. The van der Waals surface area contributed by atoms with Crippen molar-refractivity contribution in [1.82, 2.24) is 0 Å². The Hall–Kier alpha value is -0.160. The lowest BCUT2D eigenvalue weighted by Gasteiger charge is -2.46. The van der Waals surface area contributed by atoms with Crippen LogP contribution in [0.5, 0.6) is 0 Å². The zero-order chi connectivity index (χ0) is 9.57. The van der Waals surface area contributed by atoms with Crippen molar-refractivity contribution in [3.05, 3.63) is 0 Å². The zero-order valence-corrected chi connectivity index (χ0v) is 7.87. The minimum Gasteiger partial charge on any atom is -0.364 e. The minimum atomic E-state index is -1.32. The first-order valence-electron chi connectivity index (χ1n) is 4.06. The second-order valence-corrected chi connectivity index (χ2v) is 3.63. The van der Waals surface area contributed by atoms with Gasteiger partial charge in [-0.3, -0.25) is 0 Å². The molecule has 1 rings (SSSR count). The van der Waals surface area contributed by atoms with Crippen LogP contribution in [0.1, 0.15) is 27.7 Å². The second kappa shape index (κ2) is 2.67. The highest BCUT2D eigenvalue weighted by Crippen LogP contribution is 2.31. The summed E-state index contributed by atoms with van der Waals surface area (Å²) in [7, 11) is 0. The van der Waals surface area contributed by atoms with Crippen molar-refractivity contribution < 1.29 is 19.7 Å². The predicted molar refractivity (Wildman–Crippen MR) is 42.3 cm³/mol. The van der Waals surface area contributed by atoms with Crippen molar-refractivity contribution in [2.45, 2.75) is 51.5 Å². The number of rotatable bonds is 0. The fourth-order valence-electron chi connectivity index (χ4n) is 1.13. The predicted octanol–water partition coefficient (Wildman–Crippen LogP) is 0.227. The van der Waals surface area contributed by atoms with Gasteiger partial charge in [-0.15, -0.1) is 0 Å². The highest BCUT2D eigenvalue weighted by atomic mass is 16.7. The molecule has 1 aliphatic heterocycles. The Morgan fingerprint density at radius 3 is 1.42 bits per heavy atom. The molecule has 1 fully saturated rings. The molecule has 72 valence electrons. The third-order valence-corrected chi connectivity index (χ3v) is 2.34. The van der Waals surface area contributed by atoms with E-state index in [1.54, 1.807) is 13.8 Å². The highest BCUT2D eigenvalue weighted by Gasteiger charge is 2.47. The lowest BCUT2D eigenvalue weighted by Crippen LogP contribution is -2.59. The average Bonchev–Trinajstić information content (AvgIpc) is 1.82. The standard InChI is InChI=1S/C8H16O4/c1-5-7(3,9)12-6(2)8(4,10)11-5/h5-6,9-10H,1-4H3/t5-,6-,7-,8+/m1/s1. The summed E-state index contributed by atoms with van der Waals surface area (Å²) >= 11 is 0. The third kappa shape index (κ3) is 1.61. The minimum absolute atomic E-state index is 0.538. The summed E-state index contributed by atoms with van der Waals surface area (Å²) in [5.74, 6) is -2.64. The van der Waals surface area contributed by atoms with Gasteiger partial charge in [-0.25, -0.2) is 0 Å². The van der Waals surface area contributed by atoms with Crippen molar-refractivity contribution >= 4 is 0 Å². The molecule has 0 bridgehead atoms. The van der Waals surface area contributed by atoms with Gasteiger partial charge >= 0.3 is 0 Å². The summed E-state index contributed by atoms with van der Waals surface area (Å²) in [6.07, 6.45) is -1.08. The van der Waals surface area contributed by atoms with E-state index in [-0.39, 0.29) is 0 Å². The Bertz CT molecular complexity index is 156. The van der Waals surface area contributed by atoms with Gasteiger partial charge in [0.2, 0.25) is 0 Å². The Morgan fingerprint density at radius 1 is 0.917 bits per heavy atom. The van der Waals surface area contributed by atoms with E-state index in [1.165, 1.54) is 13.8 Å². The first-order chi connectivity index (χ1) is 5.26. The molecule has 0 aromatic heterocycles. The van der Waals surface area contributed by atoms with Gasteiger partial charge in [-0.05, 0) is 27.7 Å². The fraction of sp³-hybridized carbons (Fsp3) is 1.00. The summed E-state index contributed by atoms with van der Waals surface area (Å²) < 4.78 is 10.4. The number of aliphatic hydroxyl groups is 2. The molecule has 0 aromatic carbocycles. The van der Waals surface area contributed by atoms with Gasteiger partial charge in [0.15, 0.2) is 11.6 Å². The highest BCUT2D eigenvalue weighted by molar-refractivity contribution is 4.83. The van der Waals surface area contributed by atoms with E-state index >= 15 is 0 Å². The molecular weight excluding hydrogens is 160 g/mol. The van der Waals surface area contributed by atoms with Crippen molar-refractivity contribution in [3.63, 3.8) is 0 Å². The van der Waals surface area contributed by atoms with Gasteiger partial charge in [0.25, 0.3) is 0 Å². The van der Waals surface area contributed by atoms with Crippen LogP contribution in [0.4, 0.5) is 0 Å². The van der Waals surface area contributed by atoms with E-state index in [0.29, 0.717) is 0 Å². The van der Waals surface area contributed by atoms with E-state index < -0.39 is 23.8 Å². The van der Waals surface area contributed by atoms with Crippen molar-refractivity contribution in [2.75, 3.05) is 0 Å². The zero-order valence-electron chi connectivity index (χ0n) is 7.87. The Kier molecular flexibility index (Phi) is 2.21. The van der Waals surface area contributed by atoms with E-state index in [0.717, 1.165) is 0 Å². The van der Waals surface area contributed by atoms with Crippen LogP contribution in [0.3, 0.4) is 0 Å². The Labute approximate surface area is 72.1 Å². The largest absolute Gasteiger partial charge is 0.364 e. The quantitative estimate of drug-likeness (QED) is 0.554. The van der Waals surface area contributed by atoms with Gasteiger partial charge in [0.05, 0.1) is 0 Å².